The van der Waals surface area contributed by atoms with Crippen molar-refractivity contribution in [1.29, 1.82) is 0 Å². The van der Waals surface area contributed by atoms with Gasteiger partial charge in [0, 0.05) is 0 Å². The smallest absolute Gasteiger partial charge is 0.241 e. The van der Waals surface area contributed by atoms with Crippen LogP contribution in [0.15, 0.2) is 42.5 Å². The van der Waals surface area contributed by atoms with Crippen LogP contribution in [0.2, 0.25) is 0 Å². The number of carbonyl (C=O) groups excluding carboxylic acids is 1. The van der Waals surface area contributed by atoms with Gasteiger partial charge in [0.25, 0.3) is 0 Å². The van der Waals surface area contributed by atoms with E-state index in [0.29, 0.717) is 5.69 Å². The number of hydrogen-bond acceptors (Lipinski definition) is 3. The highest BCUT2D eigenvalue weighted by molar-refractivity contribution is 7.92. The molecule has 2 aromatic carbocycles. The van der Waals surface area contributed by atoms with E-state index < -0.39 is 10.0 Å². The molecule has 1 amide bonds. The minimum absolute atomic E-state index is 0.205. The molecule has 0 saturated heterocycles. The standard InChI is InChI=1S/C20H26N2O3S/c1-14-7-10-18(11-8-14)17(4)21-20(23)13-22(26(5,24)25)19-12-15(2)6-9-16(19)3/h6-12,17H,13H2,1-5H3,(H,21,23). The molecule has 6 heteroatoms. The molecule has 1 unspecified atom stereocenters. The molecule has 2 aromatic rings. The first-order chi connectivity index (χ1) is 12.1. The lowest BCUT2D eigenvalue weighted by molar-refractivity contribution is -0.120. The average Bonchev–Trinajstić information content (AvgIpc) is 2.54. The van der Waals surface area contributed by atoms with E-state index >= 15 is 0 Å². The number of hydrogen-bond donors (Lipinski definition) is 1. The topological polar surface area (TPSA) is 66.5 Å². The van der Waals surface area contributed by atoms with E-state index in [-0.39, 0.29) is 18.5 Å². The Balaban J connectivity index is 2.19. The third-order valence-electron chi connectivity index (χ3n) is 4.28. The van der Waals surface area contributed by atoms with Crippen LogP contribution in [0.5, 0.6) is 0 Å². The summed E-state index contributed by atoms with van der Waals surface area (Å²) in [6, 6.07) is 13.2. The normalized spacial score (nSPS) is 12.5. The van der Waals surface area contributed by atoms with E-state index in [0.717, 1.165) is 32.8 Å². The largest absolute Gasteiger partial charge is 0.348 e. The van der Waals surface area contributed by atoms with E-state index in [9.17, 15) is 13.2 Å². The van der Waals surface area contributed by atoms with Gasteiger partial charge in [-0.2, -0.15) is 0 Å². The maximum absolute atomic E-state index is 12.5. The van der Waals surface area contributed by atoms with E-state index in [2.05, 4.69) is 5.32 Å². The van der Waals surface area contributed by atoms with Crippen LogP contribution in [0.3, 0.4) is 0 Å². The Labute approximate surface area is 156 Å². The van der Waals surface area contributed by atoms with Crippen molar-refractivity contribution >= 4 is 21.6 Å². The molecule has 0 aliphatic carbocycles. The molecule has 0 aliphatic heterocycles. The van der Waals surface area contributed by atoms with Gasteiger partial charge in [-0.1, -0.05) is 42.0 Å². The fraction of sp³-hybridized carbons (Fsp3) is 0.350. The lowest BCUT2D eigenvalue weighted by Crippen LogP contribution is -2.41. The summed E-state index contributed by atoms with van der Waals surface area (Å²) in [5.74, 6) is -0.343. The van der Waals surface area contributed by atoms with Crippen molar-refractivity contribution in [3.8, 4) is 0 Å². The number of nitrogens with one attached hydrogen (secondary N) is 1. The van der Waals surface area contributed by atoms with E-state index in [1.807, 2.05) is 64.1 Å². The summed E-state index contributed by atoms with van der Waals surface area (Å²) in [6.45, 7) is 7.36. The van der Waals surface area contributed by atoms with Crippen LogP contribution in [-0.4, -0.2) is 27.1 Å². The molecule has 1 atom stereocenters. The quantitative estimate of drug-likeness (QED) is 0.844. The fourth-order valence-electron chi connectivity index (χ4n) is 2.73. The second-order valence-corrected chi connectivity index (χ2v) is 8.67. The van der Waals surface area contributed by atoms with Gasteiger partial charge in [-0.3, -0.25) is 9.10 Å². The van der Waals surface area contributed by atoms with Crippen molar-refractivity contribution in [3.63, 3.8) is 0 Å². The molecule has 2 rings (SSSR count). The summed E-state index contributed by atoms with van der Waals surface area (Å²) in [7, 11) is -3.59. The van der Waals surface area contributed by atoms with Gasteiger partial charge < -0.3 is 5.32 Å². The lowest BCUT2D eigenvalue weighted by Gasteiger charge is -2.25. The molecule has 26 heavy (non-hydrogen) atoms. The summed E-state index contributed by atoms with van der Waals surface area (Å²) < 4.78 is 25.7. The first kappa shape index (κ1) is 20.0. The van der Waals surface area contributed by atoms with E-state index in [1.165, 1.54) is 0 Å². The predicted molar refractivity (Wildman–Crippen MR) is 106 cm³/mol. The minimum Gasteiger partial charge on any atom is -0.348 e. The Bertz CT molecular complexity index is 890. The van der Waals surface area contributed by atoms with Gasteiger partial charge in [-0.15, -0.1) is 0 Å². The zero-order chi connectivity index (χ0) is 19.5. The second-order valence-electron chi connectivity index (χ2n) is 6.76. The molecule has 0 fully saturated rings. The highest BCUT2D eigenvalue weighted by Crippen LogP contribution is 2.24. The molecule has 0 saturated carbocycles. The Morgan fingerprint density at radius 2 is 1.62 bits per heavy atom. The number of sulfonamides is 1. The molecule has 0 heterocycles. The van der Waals surface area contributed by atoms with Gasteiger partial charge in [0.15, 0.2) is 0 Å². The van der Waals surface area contributed by atoms with Crippen molar-refractivity contribution in [2.75, 3.05) is 17.1 Å². The molecule has 5 nitrogen and oxygen atoms in total. The molecule has 140 valence electrons. The van der Waals surface area contributed by atoms with Crippen molar-refractivity contribution < 1.29 is 13.2 Å². The molecule has 0 spiro atoms. The number of rotatable bonds is 6. The molecule has 0 aromatic heterocycles. The number of aryl methyl sites for hydroxylation is 3. The number of nitrogens with zero attached hydrogens (tertiary/aromatic N) is 1. The highest BCUT2D eigenvalue weighted by atomic mass is 32.2. The lowest BCUT2D eigenvalue weighted by atomic mass is 10.1. The second kappa shape index (κ2) is 7.91. The molecule has 0 aliphatic rings. The Morgan fingerprint density at radius 1 is 1.04 bits per heavy atom. The Kier molecular flexibility index (Phi) is 6.08. The van der Waals surface area contributed by atoms with Crippen LogP contribution in [0.25, 0.3) is 0 Å². The summed E-state index contributed by atoms with van der Waals surface area (Å²) in [5, 5.41) is 2.88. The van der Waals surface area contributed by atoms with Crippen LogP contribution in [0.4, 0.5) is 5.69 Å². The van der Waals surface area contributed by atoms with Crippen molar-refractivity contribution in [2.24, 2.45) is 0 Å². The van der Waals surface area contributed by atoms with Crippen LogP contribution < -0.4 is 9.62 Å². The molecule has 0 bridgehead atoms. The van der Waals surface area contributed by atoms with Crippen molar-refractivity contribution in [1.82, 2.24) is 5.32 Å². The molecular weight excluding hydrogens is 348 g/mol. The third kappa shape index (κ3) is 5.08. The maximum Gasteiger partial charge on any atom is 0.241 e. The van der Waals surface area contributed by atoms with Crippen LogP contribution in [0, 0.1) is 20.8 Å². The average molecular weight is 375 g/mol. The van der Waals surface area contributed by atoms with Gasteiger partial charge in [-0.25, -0.2) is 8.42 Å². The van der Waals surface area contributed by atoms with Gasteiger partial charge in [0.05, 0.1) is 18.0 Å². The fourth-order valence-corrected chi connectivity index (χ4v) is 3.63. The first-order valence-corrected chi connectivity index (χ1v) is 10.3. The summed E-state index contributed by atoms with van der Waals surface area (Å²) in [5.41, 5.74) is 4.39. The highest BCUT2D eigenvalue weighted by Gasteiger charge is 2.23. The molecule has 1 N–H and O–H groups in total. The van der Waals surface area contributed by atoms with E-state index in [1.54, 1.807) is 6.07 Å². The minimum atomic E-state index is -3.59. The van der Waals surface area contributed by atoms with Crippen molar-refractivity contribution in [2.45, 2.75) is 33.7 Å². The third-order valence-corrected chi connectivity index (χ3v) is 5.40. The summed E-state index contributed by atoms with van der Waals surface area (Å²) in [6.07, 6.45) is 1.12. The SMILES string of the molecule is Cc1ccc(C(C)NC(=O)CN(c2cc(C)ccc2C)S(C)(=O)=O)cc1. The van der Waals surface area contributed by atoms with Gasteiger partial charge in [0.1, 0.15) is 6.54 Å². The molecular formula is C20H26N2O3S. The molecule has 0 radical (unpaired) electrons. The predicted octanol–water partition coefficient (Wildman–Crippen LogP) is 3.26. The number of carbonyl (C=O) groups is 1. The monoisotopic (exact) mass is 374 g/mol. The van der Waals surface area contributed by atoms with Crippen LogP contribution >= 0.6 is 0 Å². The summed E-state index contributed by atoms with van der Waals surface area (Å²) in [4.78, 5) is 12.5. The number of anilines is 1. The van der Waals surface area contributed by atoms with Crippen LogP contribution in [-0.2, 0) is 14.8 Å². The van der Waals surface area contributed by atoms with Gasteiger partial charge in [0.2, 0.25) is 15.9 Å². The van der Waals surface area contributed by atoms with E-state index in [4.69, 9.17) is 0 Å². The zero-order valence-corrected chi connectivity index (χ0v) is 16.7. The Morgan fingerprint density at radius 3 is 2.19 bits per heavy atom. The number of benzene rings is 2. The van der Waals surface area contributed by atoms with Crippen LogP contribution in [0.1, 0.15) is 35.2 Å². The van der Waals surface area contributed by atoms with Gasteiger partial charge in [-0.05, 0) is 50.5 Å². The van der Waals surface area contributed by atoms with Crippen molar-refractivity contribution in [3.05, 3.63) is 64.7 Å². The Hall–Kier alpha value is -2.34. The maximum atomic E-state index is 12.5. The van der Waals surface area contributed by atoms with Gasteiger partial charge >= 0.3 is 0 Å². The summed E-state index contributed by atoms with van der Waals surface area (Å²) >= 11 is 0. The zero-order valence-electron chi connectivity index (χ0n) is 15.9. The number of amides is 1. The first-order valence-electron chi connectivity index (χ1n) is 8.49.